The number of hydrogen-bond donors (Lipinski definition) is 1. The van der Waals surface area contributed by atoms with Crippen LogP contribution >= 0.6 is 11.3 Å². The number of nitrogens with one attached hydrogen (secondary N) is 1. The van der Waals surface area contributed by atoms with Gasteiger partial charge >= 0.3 is 0 Å². The third-order valence-corrected chi connectivity index (χ3v) is 2.65. The Morgan fingerprint density at radius 3 is 2.92 bits per heavy atom. The predicted octanol–water partition coefficient (Wildman–Crippen LogP) is 2.88. The summed E-state index contributed by atoms with van der Waals surface area (Å²) in [6, 6.07) is 0. The molecular weight excluding hydrogens is 168 g/mol. The van der Waals surface area contributed by atoms with Crippen LogP contribution in [0.2, 0.25) is 0 Å². The Morgan fingerprint density at radius 2 is 2.25 bits per heavy atom. The van der Waals surface area contributed by atoms with E-state index in [1.54, 1.807) is 11.3 Å². The third-order valence-electron chi connectivity index (χ3n) is 1.57. The van der Waals surface area contributed by atoms with Crippen LogP contribution < -0.4 is 5.32 Å². The molecular formula is C9H14N2S. The first-order chi connectivity index (χ1) is 5.88. The number of aryl methyl sites for hydroxylation is 1. The fourth-order valence-corrected chi connectivity index (χ4v) is 1.92. The zero-order valence-corrected chi connectivity index (χ0v) is 8.53. The average Bonchev–Trinajstić information content (AvgIpc) is 2.53. The van der Waals surface area contributed by atoms with Gasteiger partial charge in [-0.05, 0) is 17.9 Å². The minimum Gasteiger partial charge on any atom is -0.357 e. The molecule has 0 fully saturated rings. The summed E-state index contributed by atoms with van der Waals surface area (Å²) in [6.07, 6.45) is 1.94. The van der Waals surface area contributed by atoms with E-state index in [9.17, 15) is 0 Å². The van der Waals surface area contributed by atoms with Gasteiger partial charge in [0, 0.05) is 11.8 Å². The Bertz CT molecular complexity index is 276. The SMILES string of the molecule is CC.Cc1csc2c1C=NCN2. The normalized spacial score (nSPS) is 12.6. The number of anilines is 1. The molecule has 0 saturated carbocycles. The summed E-state index contributed by atoms with van der Waals surface area (Å²) < 4.78 is 0. The van der Waals surface area contributed by atoms with Crippen molar-refractivity contribution in [3.63, 3.8) is 0 Å². The van der Waals surface area contributed by atoms with Gasteiger partial charge in [0.2, 0.25) is 0 Å². The van der Waals surface area contributed by atoms with Crippen LogP contribution in [0.5, 0.6) is 0 Å². The topological polar surface area (TPSA) is 24.4 Å². The van der Waals surface area contributed by atoms with E-state index in [2.05, 4.69) is 22.6 Å². The fraction of sp³-hybridized carbons (Fsp3) is 0.444. The van der Waals surface area contributed by atoms with Gasteiger partial charge in [0.05, 0.1) is 5.00 Å². The molecule has 0 aliphatic carbocycles. The highest BCUT2D eigenvalue weighted by Gasteiger charge is 2.07. The summed E-state index contributed by atoms with van der Waals surface area (Å²) in [6.45, 7) is 6.83. The summed E-state index contributed by atoms with van der Waals surface area (Å²) >= 11 is 1.75. The maximum Gasteiger partial charge on any atom is 0.108 e. The van der Waals surface area contributed by atoms with Crippen molar-refractivity contribution in [3.05, 3.63) is 16.5 Å². The van der Waals surface area contributed by atoms with Gasteiger partial charge in [0.15, 0.2) is 0 Å². The van der Waals surface area contributed by atoms with Gasteiger partial charge in [-0.1, -0.05) is 13.8 Å². The molecule has 1 aliphatic heterocycles. The van der Waals surface area contributed by atoms with Crippen molar-refractivity contribution in [3.8, 4) is 0 Å². The van der Waals surface area contributed by atoms with Crippen molar-refractivity contribution in [1.29, 1.82) is 0 Å². The maximum atomic E-state index is 4.12. The summed E-state index contributed by atoms with van der Waals surface area (Å²) in [7, 11) is 0. The van der Waals surface area contributed by atoms with Gasteiger partial charge in [-0.25, -0.2) is 0 Å². The smallest absolute Gasteiger partial charge is 0.108 e. The monoisotopic (exact) mass is 182 g/mol. The van der Waals surface area contributed by atoms with Gasteiger partial charge in [-0.2, -0.15) is 0 Å². The highest BCUT2D eigenvalue weighted by atomic mass is 32.1. The van der Waals surface area contributed by atoms with E-state index >= 15 is 0 Å². The molecule has 2 heterocycles. The molecule has 0 saturated heterocycles. The van der Waals surface area contributed by atoms with E-state index in [1.165, 1.54) is 16.1 Å². The first-order valence-electron chi connectivity index (χ1n) is 4.20. The quantitative estimate of drug-likeness (QED) is 0.655. The average molecular weight is 182 g/mol. The number of nitrogens with zero attached hydrogens (tertiary/aromatic N) is 1. The Hall–Kier alpha value is -0.830. The highest BCUT2D eigenvalue weighted by Crippen LogP contribution is 2.27. The van der Waals surface area contributed by atoms with E-state index in [0.29, 0.717) is 0 Å². The third kappa shape index (κ3) is 1.67. The summed E-state index contributed by atoms with van der Waals surface area (Å²) in [5.41, 5.74) is 2.58. The number of hydrogen-bond acceptors (Lipinski definition) is 3. The first-order valence-corrected chi connectivity index (χ1v) is 5.07. The Labute approximate surface area is 77.3 Å². The molecule has 2 nitrogen and oxygen atoms in total. The number of aliphatic imine (C=N–C) groups is 1. The van der Waals surface area contributed by atoms with Crippen LogP contribution in [0.15, 0.2) is 10.4 Å². The van der Waals surface area contributed by atoms with Crippen LogP contribution in [0, 0.1) is 6.92 Å². The van der Waals surface area contributed by atoms with E-state index < -0.39 is 0 Å². The zero-order valence-electron chi connectivity index (χ0n) is 7.72. The van der Waals surface area contributed by atoms with Crippen LogP contribution in [-0.4, -0.2) is 12.9 Å². The predicted molar refractivity (Wildman–Crippen MR) is 56.5 cm³/mol. The molecule has 0 spiro atoms. The van der Waals surface area contributed by atoms with Crippen LogP contribution in [0.3, 0.4) is 0 Å². The van der Waals surface area contributed by atoms with Crippen molar-refractivity contribution in [2.75, 3.05) is 12.0 Å². The maximum absolute atomic E-state index is 4.12. The van der Waals surface area contributed by atoms with Crippen molar-refractivity contribution in [2.45, 2.75) is 20.8 Å². The molecule has 0 unspecified atom stereocenters. The second-order valence-electron chi connectivity index (χ2n) is 2.31. The van der Waals surface area contributed by atoms with Gasteiger partial charge < -0.3 is 5.32 Å². The molecule has 1 N–H and O–H groups in total. The van der Waals surface area contributed by atoms with Gasteiger partial charge in [0.1, 0.15) is 6.67 Å². The van der Waals surface area contributed by atoms with E-state index in [4.69, 9.17) is 0 Å². The molecule has 12 heavy (non-hydrogen) atoms. The van der Waals surface area contributed by atoms with Crippen molar-refractivity contribution in [1.82, 2.24) is 0 Å². The van der Waals surface area contributed by atoms with Crippen molar-refractivity contribution < 1.29 is 0 Å². The molecule has 3 heteroatoms. The van der Waals surface area contributed by atoms with Crippen LogP contribution in [0.1, 0.15) is 25.0 Å². The van der Waals surface area contributed by atoms with Gasteiger partial charge in [0.25, 0.3) is 0 Å². The first kappa shape index (κ1) is 9.26. The molecule has 0 atom stereocenters. The molecule has 0 amide bonds. The summed E-state index contributed by atoms with van der Waals surface area (Å²) in [5, 5.41) is 6.61. The summed E-state index contributed by atoms with van der Waals surface area (Å²) in [5.74, 6) is 0. The lowest BCUT2D eigenvalue weighted by Gasteiger charge is -2.06. The zero-order chi connectivity index (χ0) is 8.97. The van der Waals surface area contributed by atoms with Crippen LogP contribution in [0.4, 0.5) is 5.00 Å². The number of rotatable bonds is 0. The van der Waals surface area contributed by atoms with Crippen molar-refractivity contribution >= 4 is 22.6 Å². The van der Waals surface area contributed by atoms with E-state index in [1.807, 2.05) is 20.1 Å². The Kier molecular flexibility index (Phi) is 3.29. The second-order valence-corrected chi connectivity index (χ2v) is 3.19. The molecule has 1 aliphatic rings. The molecule has 0 bridgehead atoms. The lowest BCUT2D eigenvalue weighted by molar-refractivity contribution is 1.14. The number of fused-ring (bicyclic) bond motifs is 1. The highest BCUT2D eigenvalue weighted by molar-refractivity contribution is 7.14. The lowest BCUT2D eigenvalue weighted by atomic mass is 10.2. The standard InChI is InChI=1S/C7H8N2S.C2H6/c1-5-3-10-7-6(5)2-8-4-9-7;1-2/h2-3,9H,4H2,1H3;1-2H3. The molecule has 66 valence electrons. The molecule has 0 aromatic carbocycles. The Balaban J connectivity index is 0.000000336. The number of thiophene rings is 1. The van der Waals surface area contributed by atoms with Gasteiger partial charge in [-0.3, -0.25) is 4.99 Å². The molecule has 2 rings (SSSR count). The fourth-order valence-electron chi connectivity index (χ4n) is 1.01. The van der Waals surface area contributed by atoms with Crippen molar-refractivity contribution in [2.24, 2.45) is 4.99 Å². The van der Waals surface area contributed by atoms with E-state index in [0.717, 1.165) is 6.67 Å². The minimum absolute atomic E-state index is 0.729. The van der Waals surface area contributed by atoms with Gasteiger partial charge in [-0.15, -0.1) is 11.3 Å². The molecule has 1 aromatic rings. The minimum atomic E-state index is 0.729. The molecule has 0 radical (unpaired) electrons. The largest absolute Gasteiger partial charge is 0.357 e. The van der Waals surface area contributed by atoms with Crippen LogP contribution in [0.25, 0.3) is 0 Å². The Morgan fingerprint density at radius 1 is 1.50 bits per heavy atom. The van der Waals surface area contributed by atoms with E-state index in [-0.39, 0.29) is 0 Å². The lowest BCUT2D eigenvalue weighted by Crippen LogP contribution is -2.04. The van der Waals surface area contributed by atoms with Crippen LogP contribution in [-0.2, 0) is 0 Å². The second kappa shape index (κ2) is 4.26. The summed E-state index contributed by atoms with van der Waals surface area (Å²) in [4.78, 5) is 4.12. The molecule has 1 aromatic heterocycles.